The van der Waals surface area contributed by atoms with Crippen molar-refractivity contribution in [2.45, 2.75) is 64.2 Å². The highest BCUT2D eigenvalue weighted by Crippen LogP contribution is 2.29. The molecule has 1 fully saturated rings. The molecule has 1 saturated carbocycles. The van der Waals surface area contributed by atoms with Gasteiger partial charge in [0.15, 0.2) is 0 Å². The highest BCUT2D eigenvalue weighted by atomic mass is 19.4. The molecule has 2 aromatic carbocycles. The Kier molecular flexibility index (Phi) is 14.5. The number of hydrogen-bond acceptors (Lipinski definition) is 5. The largest absolute Gasteiger partial charge is 0.490 e. The van der Waals surface area contributed by atoms with Gasteiger partial charge < -0.3 is 20.2 Å². The van der Waals surface area contributed by atoms with Crippen molar-refractivity contribution in [3.8, 4) is 11.3 Å². The van der Waals surface area contributed by atoms with Gasteiger partial charge in [0.25, 0.3) is 0 Å². The number of carbonyl (C=O) groups is 2. The van der Waals surface area contributed by atoms with E-state index < -0.39 is 12.1 Å². The predicted molar refractivity (Wildman–Crippen MR) is 170 cm³/mol. The standard InChI is InChI=1S/C33H44N4O.C2HF3O2/c1-36(2)22-23-37(33(38)19-15-27-10-6-7-11-27)26-30-14-18-32(35-25-30)31-16-12-29(13-17-31)24-34-21-20-28-8-4-3-5-9-28;3-2(4,5)1(6)7/h3-5,8-9,12-14,16-18,25,27,34H,6-7,10-11,15,19-24,26H2,1-2H3;(H,6,7). The third-order valence-corrected chi connectivity index (χ3v) is 7.86. The molecule has 0 saturated heterocycles. The van der Waals surface area contributed by atoms with E-state index in [4.69, 9.17) is 14.9 Å². The lowest BCUT2D eigenvalue weighted by Gasteiger charge is -2.25. The number of nitrogens with one attached hydrogen (secondary N) is 1. The molecule has 1 aliphatic carbocycles. The van der Waals surface area contributed by atoms with E-state index >= 15 is 0 Å². The summed E-state index contributed by atoms with van der Waals surface area (Å²) >= 11 is 0. The molecule has 1 heterocycles. The van der Waals surface area contributed by atoms with Crippen molar-refractivity contribution in [2.75, 3.05) is 33.7 Å². The van der Waals surface area contributed by atoms with Crippen LogP contribution < -0.4 is 5.32 Å². The lowest BCUT2D eigenvalue weighted by Crippen LogP contribution is -2.36. The minimum atomic E-state index is -5.08. The summed E-state index contributed by atoms with van der Waals surface area (Å²) < 4.78 is 31.7. The van der Waals surface area contributed by atoms with Crippen LogP contribution in [0.3, 0.4) is 0 Å². The lowest BCUT2D eigenvalue weighted by molar-refractivity contribution is -0.192. The molecule has 0 bridgehead atoms. The highest BCUT2D eigenvalue weighted by Gasteiger charge is 2.38. The number of rotatable bonds is 14. The number of pyridine rings is 1. The topological polar surface area (TPSA) is 85.8 Å². The zero-order chi connectivity index (χ0) is 32.7. The van der Waals surface area contributed by atoms with Crippen LogP contribution >= 0.6 is 0 Å². The van der Waals surface area contributed by atoms with Gasteiger partial charge in [-0.05, 0) is 62.2 Å². The summed E-state index contributed by atoms with van der Waals surface area (Å²) in [4.78, 5) is 30.9. The molecule has 3 aromatic rings. The molecule has 10 heteroatoms. The van der Waals surface area contributed by atoms with E-state index in [2.05, 4.69) is 91.0 Å². The molecule has 0 radical (unpaired) electrons. The molecule has 1 aromatic heterocycles. The van der Waals surface area contributed by atoms with Crippen molar-refractivity contribution >= 4 is 11.9 Å². The molecule has 1 aliphatic rings. The van der Waals surface area contributed by atoms with Crippen LogP contribution in [0.15, 0.2) is 72.9 Å². The van der Waals surface area contributed by atoms with Crippen LogP contribution in [0.2, 0.25) is 0 Å². The number of likely N-dealkylation sites (N-methyl/N-ethyl adjacent to an activating group) is 1. The van der Waals surface area contributed by atoms with Gasteiger partial charge in [0.2, 0.25) is 5.91 Å². The van der Waals surface area contributed by atoms with Gasteiger partial charge in [-0.3, -0.25) is 9.78 Å². The van der Waals surface area contributed by atoms with Gasteiger partial charge in [-0.2, -0.15) is 13.2 Å². The number of alkyl halides is 3. The zero-order valence-corrected chi connectivity index (χ0v) is 26.2. The number of carboxylic acids is 1. The van der Waals surface area contributed by atoms with Crippen LogP contribution in [-0.2, 0) is 29.1 Å². The molecule has 7 nitrogen and oxygen atoms in total. The fourth-order valence-electron chi connectivity index (χ4n) is 5.21. The number of amides is 1. The van der Waals surface area contributed by atoms with Crippen LogP contribution in [0, 0.1) is 5.92 Å². The van der Waals surface area contributed by atoms with Crippen molar-refractivity contribution < 1.29 is 27.9 Å². The molecule has 45 heavy (non-hydrogen) atoms. The van der Waals surface area contributed by atoms with Gasteiger partial charge in [0.05, 0.1) is 5.69 Å². The normalized spacial score (nSPS) is 13.4. The quantitative estimate of drug-likeness (QED) is 0.197. The van der Waals surface area contributed by atoms with Gasteiger partial charge in [0, 0.05) is 44.4 Å². The van der Waals surface area contributed by atoms with Crippen molar-refractivity contribution in [1.29, 1.82) is 0 Å². The molecular formula is C35H45F3N4O3. The van der Waals surface area contributed by atoms with E-state index in [9.17, 15) is 18.0 Å². The van der Waals surface area contributed by atoms with Gasteiger partial charge in [-0.25, -0.2) is 4.79 Å². The van der Waals surface area contributed by atoms with Crippen LogP contribution in [0.1, 0.15) is 55.2 Å². The number of hydrogen-bond donors (Lipinski definition) is 2. The number of aliphatic carboxylic acids is 1. The number of carboxylic acid groups (broad SMARTS) is 1. The fraction of sp³-hybridized carbons (Fsp3) is 0.457. The zero-order valence-electron chi connectivity index (χ0n) is 26.2. The van der Waals surface area contributed by atoms with E-state index in [1.54, 1.807) is 0 Å². The summed E-state index contributed by atoms with van der Waals surface area (Å²) in [5, 5.41) is 10.7. The number of nitrogens with zero attached hydrogens (tertiary/aromatic N) is 3. The molecule has 4 rings (SSSR count). The second-order valence-electron chi connectivity index (χ2n) is 11.8. The Morgan fingerprint density at radius 1 is 0.911 bits per heavy atom. The maximum Gasteiger partial charge on any atom is 0.490 e. The summed E-state index contributed by atoms with van der Waals surface area (Å²) in [6, 6.07) is 23.4. The Morgan fingerprint density at radius 2 is 1.56 bits per heavy atom. The molecule has 0 atom stereocenters. The lowest BCUT2D eigenvalue weighted by atomic mass is 10.0. The van der Waals surface area contributed by atoms with E-state index in [-0.39, 0.29) is 5.91 Å². The second kappa shape index (κ2) is 18.3. The first-order chi connectivity index (χ1) is 21.5. The molecule has 2 N–H and O–H groups in total. The Morgan fingerprint density at radius 3 is 2.13 bits per heavy atom. The van der Waals surface area contributed by atoms with Crippen LogP contribution in [0.25, 0.3) is 11.3 Å². The Labute approximate surface area is 264 Å². The molecule has 1 amide bonds. The van der Waals surface area contributed by atoms with Crippen molar-refractivity contribution in [3.63, 3.8) is 0 Å². The predicted octanol–water partition coefficient (Wildman–Crippen LogP) is 6.57. The fourth-order valence-corrected chi connectivity index (χ4v) is 5.21. The molecule has 244 valence electrons. The minimum Gasteiger partial charge on any atom is -0.475 e. The summed E-state index contributed by atoms with van der Waals surface area (Å²) in [7, 11) is 4.12. The van der Waals surface area contributed by atoms with E-state index in [0.717, 1.165) is 61.8 Å². The SMILES string of the molecule is CN(C)CCN(Cc1ccc(-c2ccc(CNCCc3ccccc3)cc2)nc1)C(=O)CCC1CCCC1.O=C(O)C(F)(F)F. The van der Waals surface area contributed by atoms with E-state index in [1.807, 2.05) is 11.1 Å². The first-order valence-corrected chi connectivity index (χ1v) is 15.5. The Balaban J connectivity index is 0.000000707. The third-order valence-electron chi connectivity index (χ3n) is 7.86. The average molecular weight is 627 g/mol. The second-order valence-corrected chi connectivity index (χ2v) is 11.8. The summed E-state index contributed by atoms with van der Waals surface area (Å²) in [5.74, 6) is -1.74. The highest BCUT2D eigenvalue weighted by molar-refractivity contribution is 5.76. The molecule has 0 unspecified atom stereocenters. The van der Waals surface area contributed by atoms with Gasteiger partial charge in [-0.15, -0.1) is 0 Å². The molecule has 0 spiro atoms. The van der Waals surface area contributed by atoms with Gasteiger partial charge in [-0.1, -0.05) is 86.3 Å². The number of benzene rings is 2. The van der Waals surface area contributed by atoms with Gasteiger partial charge >= 0.3 is 12.1 Å². The van der Waals surface area contributed by atoms with Crippen LogP contribution in [-0.4, -0.2) is 71.7 Å². The minimum absolute atomic E-state index is 0.274. The van der Waals surface area contributed by atoms with Crippen molar-refractivity contribution in [1.82, 2.24) is 20.1 Å². The Bertz CT molecular complexity index is 1290. The third kappa shape index (κ3) is 13.4. The molecule has 0 aliphatic heterocycles. The smallest absolute Gasteiger partial charge is 0.475 e. The van der Waals surface area contributed by atoms with Gasteiger partial charge in [0.1, 0.15) is 0 Å². The number of carbonyl (C=O) groups excluding carboxylic acids is 1. The number of halogens is 3. The monoisotopic (exact) mass is 626 g/mol. The maximum atomic E-state index is 13.1. The maximum absolute atomic E-state index is 13.1. The van der Waals surface area contributed by atoms with Crippen molar-refractivity contribution in [2.24, 2.45) is 5.92 Å². The average Bonchev–Trinajstić information content (AvgIpc) is 3.55. The number of aromatic nitrogens is 1. The Hall–Kier alpha value is -3.76. The van der Waals surface area contributed by atoms with Crippen molar-refractivity contribution in [3.05, 3.63) is 89.6 Å². The summed E-state index contributed by atoms with van der Waals surface area (Å²) in [6.45, 7) is 4.06. The van der Waals surface area contributed by atoms with Crippen LogP contribution in [0.4, 0.5) is 13.2 Å². The van der Waals surface area contributed by atoms with E-state index in [0.29, 0.717) is 13.0 Å². The van der Waals surface area contributed by atoms with E-state index in [1.165, 1.54) is 36.8 Å². The summed E-state index contributed by atoms with van der Waals surface area (Å²) in [6.07, 6.45) is 4.83. The van der Waals surface area contributed by atoms with Crippen LogP contribution in [0.5, 0.6) is 0 Å². The molecular weight excluding hydrogens is 581 g/mol. The first-order valence-electron chi connectivity index (χ1n) is 15.5. The first kappa shape index (κ1) is 35.7. The summed E-state index contributed by atoms with van der Waals surface area (Å²) in [5.41, 5.74) is 5.79.